The van der Waals surface area contributed by atoms with E-state index in [0.717, 1.165) is 43.9 Å². The number of methoxy groups -OCH3 is 1. The molecule has 20 heavy (non-hydrogen) atoms. The number of benzene rings is 2. The lowest BCUT2D eigenvalue weighted by molar-refractivity contribution is 0.409. The summed E-state index contributed by atoms with van der Waals surface area (Å²) in [7, 11) is 1.65. The van der Waals surface area contributed by atoms with Gasteiger partial charge in [-0.05, 0) is 61.2 Å². The van der Waals surface area contributed by atoms with E-state index in [1.165, 1.54) is 0 Å². The molecule has 0 heterocycles. The van der Waals surface area contributed by atoms with E-state index < -0.39 is 0 Å². The summed E-state index contributed by atoms with van der Waals surface area (Å²) >= 11 is 13.1. The molecule has 2 aromatic carbocycles. The third kappa shape index (κ3) is 3.98. The van der Waals surface area contributed by atoms with Crippen molar-refractivity contribution in [3.63, 3.8) is 0 Å². The van der Waals surface area contributed by atoms with Crippen molar-refractivity contribution >= 4 is 43.5 Å². The Hall–Kier alpha value is -0.550. The summed E-state index contributed by atoms with van der Waals surface area (Å²) in [4.78, 5) is 0. The molecule has 0 radical (unpaired) electrons. The number of nitrogens with one attached hydrogen (secondary N) is 1. The largest absolute Gasteiger partial charge is 0.494 e. The van der Waals surface area contributed by atoms with Gasteiger partial charge in [-0.3, -0.25) is 0 Å². The minimum atomic E-state index is 0.737. The minimum absolute atomic E-state index is 0.737. The molecule has 5 heteroatoms. The molecule has 0 aliphatic carbocycles. The van der Waals surface area contributed by atoms with E-state index in [0.29, 0.717) is 0 Å². The molecular formula is C15H14Br2ClNO. The lowest BCUT2D eigenvalue weighted by Gasteiger charge is -2.10. The van der Waals surface area contributed by atoms with Gasteiger partial charge >= 0.3 is 0 Å². The summed E-state index contributed by atoms with van der Waals surface area (Å²) in [5, 5.41) is 4.17. The zero-order chi connectivity index (χ0) is 14.5. The van der Waals surface area contributed by atoms with Crippen molar-refractivity contribution in [2.75, 3.05) is 7.11 Å². The number of halogens is 3. The highest BCUT2D eigenvalue weighted by Gasteiger charge is 2.07. The van der Waals surface area contributed by atoms with Crippen LogP contribution < -0.4 is 10.1 Å². The van der Waals surface area contributed by atoms with Crippen LogP contribution in [0.1, 0.15) is 11.1 Å². The molecule has 0 bridgehead atoms. The first-order valence-corrected chi connectivity index (χ1v) is 8.04. The van der Waals surface area contributed by atoms with Gasteiger partial charge in [0, 0.05) is 18.1 Å². The number of ether oxygens (including phenoxy) is 1. The van der Waals surface area contributed by atoms with Crippen LogP contribution >= 0.6 is 43.5 Å². The Morgan fingerprint density at radius 3 is 2.35 bits per heavy atom. The second kappa shape index (κ2) is 7.46. The van der Waals surface area contributed by atoms with E-state index in [1.807, 2.05) is 36.4 Å². The second-order valence-electron chi connectivity index (χ2n) is 4.29. The van der Waals surface area contributed by atoms with Gasteiger partial charge in [-0.15, -0.1) is 0 Å². The molecule has 0 saturated carbocycles. The van der Waals surface area contributed by atoms with Crippen molar-refractivity contribution in [3.05, 3.63) is 61.5 Å². The van der Waals surface area contributed by atoms with Crippen molar-refractivity contribution in [1.82, 2.24) is 5.32 Å². The maximum Gasteiger partial charge on any atom is 0.147 e. The molecule has 0 atom stereocenters. The highest BCUT2D eigenvalue weighted by atomic mass is 79.9. The SMILES string of the molecule is COc1c(Br)cc(CNCc2ccccc2Cl)cc1Br. The van der Waals surface area contributed by atoms with Gasteiger partial charge in [0.25, 0.3) is 0 Å². The van der Waals surface area contributed by atoms with Gasteiger partial charge in [0.15, 0.2) is 0 Å². The Balaban J connectivity index is 2.00. The average molecular weight is 420 g/mol. The Morgan fingerprint density at radius 2 is 1.75 bits per heavy atom. The predicted molar refractivity (Wildman–Crippen MR) is 90.4 cm³/mol. The van der Waals surface area contributed by atoms with Crippen molar-refractivity contribution in [2.45, 2.75) is 13.1 Å². The number of hydrogen-bond acceptors (Lipinski definition) is 2. The zero-order valence-electron chi connectivity index (χ0n) is 10.9. The molecule has 1 N–H and O–H groups in total. The maximum absolute atomic E-state index is 6.12. The fourth-order valence-electron chi connectivity index (χ4n) is 1.89. The molecule has 0 amide bonds. The third-order valence-corrected chi connectivity index (χ3v) is 4.41. The molecule has 106 valence electrons. The van der Waals surface area contributed by atoms with Crippen LogP contribution in [-0.2, 0) is 13.1 Å². The van der Waals surface area contributed by atoms with Gasteiger partial charge in [0.05, 0.1) is 16.1 Å². The molecule has 2 rings (SSSR count). The third-order valence-electron chi connectivity index (χ3n) is 2.86. The molecular weight excluding hydrogens is 405 g/mol. The fourth-order valence-corrected chi connectivity index (χ4v) is 3.70. The summed E-state index contributed by atoms with van der Waals surface area (Å²) in [5.74, 6) is 0.805. The fraction of sp³-hybridized carbons (Fsp3) is 0.200. The van der Waals surface area contributed by atoms with Crippen LogP contribution in [0.15, 0.2) is 45.3 Å². The highest BCUT2D eigenvalue weighted by molar-refractivity contribution is 9.11. The van der Waals surface area contributed by atoms with Gasteiger partial charge in [-0.1, -0.05) is 29.8 Å². The molecule has 0 aliphatic rings. The van der Waals surface area contributed by atoms with Gasteiger partial charge < -0.3 is 10.1 Å². The van der Waals surface area contributed by atoms with Crippen LogP contribution in [-0.4, -0.2) is 7.11 Å². The predicted octanol–water partition coefficient (Wildman–Crippen LogP) is 5.16. The van der Waals surface area contributed by atoms with E-state index >= 15 is 0 Å². The number of hydrogen-bond donors (Lipinski definition) is 1. The van der Waals surface area contributed by atoms with E-state index in [1.54, 1.807) is 7.11 Å². The monoisotopic (exact) mass is 417 g/mol. The zero-order valence-corrected chi connectivity index (χ0v) is 14.8. The lowest BCUT2D eigenvalue weighted by atomic mass is 10.2. The van der Waals surface area contributed by atoms with Crippen LogP contribution in [0.2, 0.25) is 5.02 Å². The van der Waals surface area contributed by atoms with Crippen LogP contribution in [0.3, 0.4) is 0 Å². The molecule has 2 aromatic rings. The second-order valence-corrected chi connectivity index (χ2v) is 6.40. The summed E-state index contributed by atoms with van der Waals surface area (Å²) in [6, 6.07) is 11.9. The van der Waals surface area contributed by atoms with Gasteiger partial charge in [0.1, 0.15) is 5.75 Å². The van der Waals surface area contributed by atoms with Crippen LogP contribution in [0, 0.1) is 0 Å². The Kier molecular flexibility index (Phi) is 5.90. The van der Waals surface area contributed by atoms with Gasteiger partial charge in [0.2, 0.25) is 0 Å². The van der Waals surface area contributed by atoms with Crippen molar-refractivity contribution in [2.24, 2.45) is 0 Å². The van der Waals surface area contributed by atoms with E-state index in [-0.39, 0.29) is 0 Å². The number of rotatable bonds is 5. The molecule has 0 aromatic heterocycles. The normalized spacial score (nSPS) is 10.6. The van der Waals surface area contributed by atoms with E-state index in [9.17, 15) is 0 Å². The van der Waals surface area contributed by atoms with Gasteiger partial charge in [-0.25, -0.2) is 0 Å². The summed E-state index contributed by atoms with van der Waals surface area (Å²) < 4.78 is 7.16. The van der Waals surface area contributed by atoms with Crippen molar-refractivity contribution < 1.29 is 4.74 Å². The first-order valence-electron chi connectivity index (χ1n) is 6.08. The van der Waals surface area contributed by atoms with Crippen LogP contribution in [0.4, 0.5) is 0 Å². The topological polar surface area (TPSA) is 21.3 Å². The standard InChI is InChI=1S/C15H14Br2ClNO/c1-20-15-12(16)6-10(7-13(15)17)8-19-9-11-4-2-3-5-14(11)18/h2-7,19H,8-9H2,1H3. The molecule has 0 aliphatic heterocycles. The molecule has 0 spiro atoms. The first kappa shape index (κ1) is 15.8. The average Bonchev–Trinajstić information content (AvgIpc) is 2.41. The Bertz CT molecular complexity index is 581. The Labute approximate surface area is 140 Å². The smallest absolute Gasteiger partial charge is 0.147 e. The molecule has 0 unspecified atom stereocenters. The van der Waals surface area contributed by atoms with E-state index in [2.05, 4.69) is 37.2 Å². The first-order chi connectivity index (χ1) is 9.61. The summed E-state index contributed by atoms with van der Waals surface area (Å²) in [5.41, 5.74) is 2.26. The van der Waals surface area contributed by atoms with Crippen molar-refractivity contribution in [1.29, 1.82) is 0 Å². The lowest BCUT2D eigenvalue weighted by Crippen LogP contribution is -2.13. The van der Waals surface area contributed by atoms with Crippen LogP contribution in [0.25, 0.3) is 0 Å². The maximum atomic E-state index is 6.12. The molecule has 2 nitrogen and oxygen atoms in total. The Morgan fingerprint density at radius 1 is 1.10 bits per heavy atom. The van der Waals surface area contributed by atoms with Crippen LogP contribution in [0.5, 0.6) is 5.75 Å². The highest BCUT2D eigenvalue weighted by Crippen LogP contribution is 2.34. The minimum Gasteiger partial charge on any atom is -0.494 e. The summed E-state index contributed by atoms with van der Waals surface area (Å²) in [6.45, 7) is 1.49. The van der Waals surface area contributed by atoms with Crippen molar-refractivity contribution in [3.8, 4) is 5.75 Å². The quantitative estimate of drug-likeness (QED) is 0.723. The molecule has 0 saturated heterocycles. The van der Waals surface area contributed by atoms with E-state index in [4.69, 9.17) is 16.3 Å². The van der Waals surface area contributed by atoms with Gasteiger partial charge in [-0.2, -0.15) is 0 Å². The molecule has 0 fully saturated rings. The summed E-state index contributed by atoms with van der Waals surface area (Å²) in [6.07, 6.45) is 0.